The zero-order valence-corrected chi connectivity index (χ0v) is 13.2. The Morgan fingerprint density at radius 2 is 2.08 bits per heavy atom. The van der Waals surface area contributed by atoms with Crippen LogP contribution in [0.2, 0.25) is 0 Å². The van der Waals surface area contributed by atoms with Crippen LogP contribution in [0.5, 0.6) is 5.75 Å². The molecule has 0 bridgehead atoms. The van der Waals surface area contributed by atoms with Crippen molar-refractivity contribution in [3.05, 3.63) is 48.5 Å². The molecule has 0 saturated heterocycles. The lowest BCUT2D eigenvalue weighted by Crippen LogP contribution is -2.21. The molecule has 8 heteroatoms. The highest BCUT2D eigenvalue weighted by Crippen LogP contribution is 2.31. The minimum Gasteiger partial charge on any atom is -0.489 e. The Hall–Kier alpha value is -3.16. The Morgan fingerprint density at radius 3 is 2.88 bits per heavy atom. The Kier molecular flexibility index (Phi) is 5.08. The van der Waals surface area contributed by atoms with E-state index >= 15 is 0 Å². The molecule has 0 saturated carbocycles. The van der Waals surface area contributed by atoms with Gasteiger partial charge in [0.05, 0.1) is 5.71 Å². The molecule has 2 N–H and O–H groups in total. The first-order valence-electron chi connectivity index (χ1n) is 7.60. The van der Waals surface area contributed by atoms with Crippen LogP contribution in [0, 0.1) is 5.95 Å². The number of hydrogen-bond acceptors (Lipinski definition) is 6. The van der Waals surface area contributed by atoms with Crippen LogP contribution in [0.25, 0.3) is 11.1 Å². The quantitative estimate of drug-likeness (QED) is 0.812. The van der Waals surface area contributed by atoms with Crippen molar-refractivity contribution in [1.29, 1.82) is 0 Å². The van der Waals surface area contributed by atoms with Crippen LogP contribution < -0.4 is 10.5 Å². The van der Waals surface area contributed by atoms with Crippen LogP contribution >= 0.6 is 0 Å². The number of ether oxygens (including phenoxy) is 2. The molecule has 25 heavy (non-hydrogen) atoms. The van der Waals surface area contributed by atoms with Crippen LogP contribution in [0.15, 0.2) is 47.8 Å². The summed E-state index contributed by atoms with van der Waals surface area (Å²) in [4.78, 5) is 19.5. The first-order chi connectivity index (χ1) is 12.1. The van der Waals surface area contributed by atoms with E-state index < -0.39 is 12.0 Å². The van der Waals surface area contributed by atoms with Crippen molar-refractivity contribution < 1.29 is 23.5 Å². The Morgan fingerprint density at radius 1 is 1.28 bits per heavy atom. The van der Waals surface area contributed by atoms with Crippen LogP contribution in [0.4, 0.5) is 9.18 Å². The van der Waals surface area contributed by atoms with Crippen molar-refractivity contribution >= 4 is 11.8 Å². The minimum absolute atomic E-state index is 0.0106. The predicted molar refractivity (Wildman–Crippen MR) is 87.6 cm³/mol. The van der Waals surface area contributed by atoms with Crippen LogP contribution in [0.1, 0.15) is 6.42 Å². The molecule has 1 aliphatic heterocycles. The average Bonchev–Trinajstić information content (AvgIpc) is 3.07. The average molecular weight is 345 g/mol. The number of amides is 1. The molecular weight excluding hydrogens is 329 g/mol. The van der Waals surface area contributed by atoms with Gasteiger partial charge < -0.3 is 20.0 Å². The van der Waals surface area contributed by atoms with Gasteiger partial charge in [-0.25, -0.2) is 9.78 Å². The summed E-state index contributed by atoms with van der Waals surface area (Å²) >= 11 is 0. The molecule has 2 aromatic rings. The van der Waals surface area contributed by atoms with E-state index in [-0.39, 0.29) is 19.3 Å². The number of pyridine rings is 1. The van der Waals surface area contributed by atoms with E-state index in [0.29, 0.717) is 29.0 Å². The van der Waals surface area contributed by atoms with Gasteiger partial charge in [0.1, 0.15) is 19.0 Å². The molecule has 1 aliphatic rings. The second kappa shape index (κ2) is 7.61. The van der Waals surface area contributed by atoms with Crippen molar-refractivity contribution in [2.45, 2.75) is 12.5 Å². The van der Waals surface area contributed by atoms with Crippen molar-refractivity contribution in [1.82, 2.24) is 4.98 Å². The molecule has 1 unspecified atom stereocenters. The fraction of sp³-hybridized carbons (Fsp3) is 0.235. The molecule has 0 spiro atoms. The lowest BCUT2D eigenvalue weighted by atomic mass is 10.1. The molecule has 3 rings (SSSR count). The van der Waals surface area contributed by atoms with E-state index in [1.807, 2.05) is 0 Å². The van der Waals surface area contributed by atoms with Gasteiger partial charge in [-0.15, -0.1) is 0 Å². The number of nitrogens with two attached hydrogens (primary N) is 1. The lowest BCUT2D eigenvalue weighted by Gasteiger charge is -2.14. The number of para-hydroxylation sites is 1. The molecule has 0 aliphatic carbocycles. The summed E-state index contributed by atoms with van der Waals surface area (Å²) in [6.07, 6.45) is 0.659. The zero-order valence-electron chi connectivity index (χ0n) is 13.2. The summed E-state index contributed by atoms with van der Waals surface area (Å²) in [6.45, 7) is 0.200. The number of carbonyl (C=O) groups excluding carboxylic acids is 1. The number of nitrogens with zero attached hydrogens (tertiary/aromatic N) is 2. The topological polar surface area (TPSA) is 96.0 Å². The van der Waals surface area contributed by atoms with Gasteiger partial charge in [-0.2, -0.15) is 4.39 Å². The summed E-state index contributed by atoms with van der Waals surface area (Å²) in [5.41, 5.74) is 6.43. The molecule has 1 aromatic carbocycles. The second-order valence-electron chi connectivity index (χ2n) is 5.35. The number of carbonyl (C=O) groups is 1. The summed E-state index contributed by atoms with van der Waals surface area (Å²) in [7, 11) is 0. The first kappa shape index (κ1) is 16.7. The maximum Gasteiger partial charge on any atom is 0.404 e. The van der Waals surface area contributed by atoms with Crippen molar-refractivity contribution in [3.63, 3.8) is 0 Å². The molecule has 1 atom stereocenters. The van der Waals surface area contributed by atoms with Crippen molar-refractivity contribution in [2.75, 3.05) is 13.2 Å². The molecule has 1 amide bonds. The third-order valence-corrected chi connectivity index (χ3v) is 3.54. The Balaban J connectivity index is 1.62. The maximum atomic E-state index is 13.9. The number of halogens is 1. The lowest BCUT2D eigenvalue weighted by molar-refractivity contribution is 0.0472. The first-order valence-corrected chi connectivity index (χ1v) is 7.60. The number of oxime groups is 1. The third-order valence-electron chi connectivity index (χ3n) is 3.54. The number of benzene rings is 1. The molecule has 7 nitrogen and oxygen atoms in total. The summed E-state index contributed by atoms with van der Waals surface area (Å²) < 4.78 is 24.4. The SMILES string of the molecule is NC(=O)OCC1=NOC(COc2ccccc2-c2cccnc2F)C1. The van der Waals surface area contributed by atoms with Gasteiger partial charge >= 0.3 is 6.09 Å². The Labute approximate surface area is 143 Å². The highest BCUT2D eigenvalue weighted by molar-refractivity contribution is 5.88. The molecule has 0 radical (unpaired) electrons. The number of primary amides is 1. The van der Waals surface area contributed by atoms with Gasteiger partial charge in [0.15, 0.2) is 6.10 Å². The van der Waals surface area contributed by atoms with E-state index in [1.54, 1.807) is 36.4 Å². The standard InChI is InChI=1S/C17H16FN3O4/c18-16-14(5-3-7-20-16)13-4-1-2-6-15(13)23-10-12-8-11(21-25-12)9-24-17(19)22/h1-7,12H,8-10H2,(H2,19,22). The molecule has 1 aromatic heterocycles. The highest BCUT2D eigenvalue weighted by atomic mass is 19.1. The zero-order chi connectivity index (χ0) is 17.6. The van der Waals surface area contributed by atoms with Crippen LogP contribution in [-0.2, 0) is 9.57 Å². The molecule has 0 fully saturated rings. The largest absolute Gasteiger partial charge is 0.489 e. The van der Waals surface area contributed by atoms with E-state index in [9.17, 15) is 9.18 Å². The van der Waals surface area contributed by atoms with Gasteiger partial charge in [0.25, 0.3) is 0 Å². The smallest absolute Gasteiger partial charge is 0.404 e. The molecule has 2 heterocycles. The van der Waals surface area contributed by atoms with Gasteiger partial charge in [-0.3, -0.25) is 0 Å². The van der Waals surface area contributed by atoms with E-state index in [2.05, 4.69) is 14.9 Å². The van der Waals surface area contributed by atoms with E-state index in [4.69, 9.17) is 15.3 Å². The molecular formula is C17H16FN3O4. The van der Waals surface area contributed by atoms with Gasteiger partial charge in [0, 0.05) is 23.7 Å². The summed E-state index contributed by atoms with van der Waals surface area (Å²) in [5, 5.41) is 3.83. The number of aromatic nitrogens is 1. The predicted octanol–water partition coefficient (Wildman–Crippen LogP) is 2.51. The monoisotopic (exact) mass is 345 g/mol. The second-order valence-corrected chi connectivity index (χ2v) is 5.35. The van der Waals surface area contributed by atoms with Crippen molar-refractivity contribution in [2.24, 2.45) is 10.9 Å². The molecule has 130 valence electrons. The normalized spacial score (nSPS) is 16.0. The van der Waals surface area contributed by atoms with E-state index in [0.717, 1.165) is 0 Å². The summed E-state index contributed by atoms with van der Waals surface area (Å²) in [5.74, 6) is -0.0512. The fourth-order valence-electron chi connectivity index (χ4n) is 2.40. The van der Waals surface area contributed by atoms with Gasteiger partial charge in [-0.05, 0) is 18.2 Å². The van der Waals surface area contributed by atoms with Crippen molar-refractivity contribution in [3.8, 4) is 16.9 Å². The van der Waals surface area contributed by atoms with E-state index in [1.165, 1.54) is 6.20 Å². The van der Waals surface area contributed by atoms with Crippen LogP contribution in [-0.4, -0.2) is 36.1 Å². The van der Waals surface area contributed by atoms with Gasteiger partial charge in [0.2, 0.25) is 5.95 Å². The third kappa shape index (κ3) is 4.23. The summed E-state index contributed by atoms with van der Waals surface area (Å²) in [6, 6.07) is 10.4. The fourth-order valence-corrected chi connectivity index (χ4v) is 2.40. The highest BCUT2D eigenvalue weighted by Gasteiger charge is 2.23. The number of rotatable bonds is 6. The maximum absolute atomic E-state index is 13.9. The number of hydrogen-bond donors (Lipinski definition) is 1. The Bertz CT molecular complexity index is 797. The van der Waals surface area contributed by atoms with Gasteiger partial charge in [-0.1, -0.05) is 23.4 Å². The minimum atomic E-state index is -0.866. The van der Waals surface area contributed by atoms with Crippen LogP contribution in [0.3, 0.4) is 0 Å².